The van der Waals surface area contributed by atoms with Crippen molar-refractivity contribution in [2.75, 3.05) is 41.0 Å². The van der Waals surface area contributed by atoms with Crippen LogP contribution in [0.1, 0.15) is 66.7 Å². The Morgan fingerprint density at radius 1 is 1.10 bits per heavy atom. The summed E-state index contributed by atoms with van der Waals surface area (Å²) in [5, 5.41) is 5.57. The summed E-state index contributed by atoms with van der Waals surface area (Å²) >= 11 is 0. The molecule has 1 fully saturated rings. The minimum Gasteiger partial charge on any atom is -0.463 e. The average molecular weight is 676 g/mol. The topological polar surface area (TPSA) is 170 Å². The third kappa shape index (κ3) is 11.6. The SMILES string of the molecule is CCC(C)C(C(CC(=O)N1CCCC1C(OC)C(C)C(=O)NC(C=C1C=CC=CC1)C(=O)NCCOC(=O)C(C)N)OC)N(C)C(C)=O. The molecule has 2 rings (SSSR count). The number of hydrogen-bond acceptors (Lipinski definition) is 9. The van der Waals surface area contributed by atoms with E-state index in [1.807, 2.05) is 38.2 Å². The van der Waals surface area contributed by atoms with Crippen LogP contribution in [0.25, 0.3) is 0 Å². The molecule has 1 saturated heterocycles. The summed E-state index contributed by atoms with van der Waals surface area (Å²) < 4.78 is 16.7. The Morgan fingerprint density at radius 3 is 2.38 bits per heavy atom. The molecule has 0 aromatic rings. The van der Waals surface area contributed by atoms with Gasteiger partial charge in [0.25, 0.3) is 0 Å². The smallest absolute Gasteiger partial charge is 0.322 e. The first-order chi connectivity index (χ1) is 22.8. The molecule has 0 aromatic carbocycles. The molecule has 8 atom stereocenters. The Kier molecular flexibility index (Phi) is 17.0. The summed E-state index contributed by atoms with van der Waals surface area (Å²) in [6.07, 6.45) is 11.0. The maximum absolute atomic E-state index is 13.8. The van der Waals surface area contributed by atoms with Gasteiger partial charge in [-0.1, -0.05) is 51.5 Å². The van der Waals surface area contributed by atoms with E-state index in [0.29, 0.717) is 19.4 Å². The monoisotopic (exact) mass is 675 g/mol. The number of likely N-dealkylation sites (N-methyl/N-ethyl adjacent to an activating group) is 1. The molecule has 0 radical (unpaired) electrons. The number of nitrogens with two attached hydrogens (primary N) is 1. The maximum atomic E-state index is 13.8. The van der Waals surface area contributed by atoms with Crippen LogP contribution in [0.15, 0.2) is 36.0 Å². The van der Waals surface area contributed by atoms with Gasteiger partial charge in [0, 0.05) is 34.7 Å². The van der Waals surface area contributed by atoms with Gasteiger partial charge >= 0.3 is 5.97 Å². The average Bonchev–Trinajstić information content (AvgIpc) is 3.55. The number of likely N-dealkylation sites (tertiary alicyclic amines) is 1. The summed E-state index contributed by atoms with van der Waals surface area (Å²) in [6, 6.07) is -2.44. The molecule has 1 aliphatic heterocycles. The number of nitrogens with zero attached hydrogens (tertiary/aromatic N) is 2. The highest BCUT2D eigenvalue weighted by Crippen LogP contribution is 2.29. The second kappa shape index (κ2) is 20.1. The molecule has 270 valence electrons. The van der Waals surface area contributed by atoms with Gasteiger partial charge in [-0.25, -0.2) is 0 Å². The van der Waals surface area contributed by atoms with E-state index in [2.05, 4.69) is 10.6 Å². The van der Waals surface area contributed by atoms with Crippen LogP contribution in [-0.2, 0) is 38.2 Å². The van der Waals surface area contributed by atoms with Crippen molar-refractivity contribution in [2.24, 2.45) is 17.6 Å². The number of rotatable bonds is 18. The second-order valence-corrected chi connectivity index (χ2v) is 12.7. The molecular weight excluding hydrogens is 618 g/mol. The Bertz CT molecular complexity index is 1200. The number of ether oxygens (including phenoxy) is 3. The van der Waals surface area contributed by atoms with Gasteiger partial charge in [0.15, 0.2) is 0 Å². The minimum atomic E-state index is -1.01. The third-order valence-corrected chi connectivity index (χ3v) is 9.30. The fourth-order valence-corrected chi connectivity index (χ4v) is 6.27. The van der Waals surface area contributed by atoms with E-state index in [9.17, 15) is 24.0 Å². The van der Waals surface area contributed by atoms with Crippen LogP contribution in [0, 0.1) is 11.8 Å². The quantitative estimate of drug-likeness (QED) is 0.145. The molecule has 0 saturated carbocycles. The first-order valence-electron chi connectivity index (χ1n) is 16.9. The lowest BCUT2D eigenvalue weighted by atomic mass is 9.90. The van der Waals surface area contributed by atoms with Crippen molar-refractivity contribution in [3.8, 4) is 0 Å². The number of hydrogen-bond donors (Lipinski definition) is 3. The zero-order valence-corrected chi connectivity index (χ0v) is 29.9. The molecular formula is C35H57N5O8. The largest absolute Gasteiger partial charge is 0.463 e. The lowest BCUT2D eigenvalue weighted by Crippen LogP contribution is -2.54. The van der Waals surface area contributed by atoms with Crippen LogP contribution >= 0.6 is 0 Å². The molecule has 13 nitrogen and oxygen atoms in total. The van der Waals surface area contributed by atoms with E-state index < -0.39 is 48.0 Å². The number of amides is 4. The highest BCUT2D eigenvalue weighted by Gasteiger charge is 2.42. The van der Waals surface area contributed by atoms with Gasteiger partial charge in [-0.3, -0.25) is 24.0 Å². The highest BCUT2D eigenvalue weighted by atomic mass is 16.5. The van der Waals surface area contributed by atoms with Crippen molar-refractivity contribution >= 4 is 29.6 Å². The van der Waals surface area contributed by atoms with E-state index in [1.54, 1.807) is 37.0 Å². The highest BCUT2D eigenvalue weighted by molar-refractivity contribution is 5.90. The Morgan fingerprint density at radius 2 is 1.81 bits per heavy atom. The maximum Gasteiger partial charge on any atom is 0.322 e. The van der Waals surface area contributed by atoms with Gasteiger partial charge in [0.05, 0.1) is 43.2 Å². The molecule has 13 heteroatoms. The van der Waals surface area contributed by atoms with Crippen molar-refractivity contribution in [1.29, 1.82) is 0 Å². The third-order valence-electron chi connectivity index (χ3n) is 9.30. The summed E-state index contributed by atoms with van der Waals surface area (Å²) in [5.41, 5.74) is 6.37. The number of allylic oxidation sites excluding steroid dienone is 5. The Labute approximate surface area is 285 Å². The summed E-state index contributed by atoms with van der Waals surface area (Å²) in [4.78, 5) is 68.1. The summed E-state index contributed by atoms with van der Waals surface area (Å²) in [6.45, 7) is 9.31. The zero-order valence-electron chi connectivity index (χ0n) is 29.9. The number of nitrogens with one attached hydrogen (secondary N) is 2. The molecule has 1 heterocycles. The van der Waals surface area contributed by atoms with Crippen LogP contribution < -0.4 is 16.4 Å². The van der Waals surface area contributed by atoms with Crippen LogP contribution in [0.4, 0.5) is 0 Å². The van der Waals surface area contributed by atoms with Crippen LogP contribution in [0.3, 0.4) is 0 Å². The molecule has 0 aromatic heterocycles. The van der Waals surface area contributed by atoms with Crippen LogP contribution in [0.2, 0.25) is 0 Å². The predicted molar refractivity (Wildman–Crippen MR) is 182 cm³/mol. The molecule has 0 spiro atoms. The second-order valence-electron chi connectivity index (χ2n) is 12.7. The molecule has 2 aliphatic rings. The fraction of sp³-hybridized carbons (Fsp3) is 0.686. The van der Waals surface area contributed by atoms with E-state index in [0.717, 1.165) is 18.4 Å². The van der Waals surface area contributed by atoms with Crippen LogP contribution in [-0.4, -0.2) is 117 Å². The van der Waals surface area contributed by atoms with Crippen molar-refractivity contribution < 1.29 is 38.2 Å². The molecule has 1 aliphatic carbocycles. The molecule has 48 heavy (non-hydrogen) atoms. The van der Waals surface area contributed by atoms with Crippen molar-refractivity contribution in [2.45, 2.75) is 103 Å². The molecule has 4 N–H and O–H groups in total. The lowest BCUT2D eigenvalue weighted by molar-refractivity contribution is -0.145. The Hall–Kier alpha value is -3.55. The standard InChI is InChI=1S/C35H57N5O8/c1-9-22(2)31(39(6)25(5)41)29(46-7)21-30(42)40-18-13-16-28(40)32(47-8)23(3)33(43)38-27(20-26-14-11-10-12-15-26)34(44)37-17-19-48-35(45)24(4)36/h10-12,14,20,22-24,27-29,31-32H,9,13,15-19,21,36H2,1-8H3,(H,37,44)(H,38,43). The van der Waals surface area contributed by atoms with Crippen molar-refractivity contribution in [1.82, 2.24) is 20.4 Å². The van der Waals surface area contributed by atoms with Gasteiger partial charge < -0.3 is 40.4 Å². The molecule has 8 unspecified atom stereocenters. The number of carbonyl (C=O) groups excluding carboxylic acids is 5. The van der Waals surface area contributed by atoms with E-state index >= 15 is 0 Å². The first kappa shape index (κ1) is 40.6. The summed E-state index contributed by atoms with van der Waals surface area (Å²) in [5.74, 6) is -2.30. The lowest BCUT2D eigenvalue weighted by Gasteiger charge is -2.39. The zero-order chi connectivity index (χ0) is 36.0. The summed E-state index contributed by atoms with van der Waals surface area (Å²) in [7, 11) is 4.81. The minimum absolute atomic E-state index is 0.0422. The number of esters is 1. The molecule has 4 amide bonds. The molecule has 0 bridgehead atoms. The normalized spacial score (nSPS) is 21.1. The van der Waals surface area contributed by atoms with E-state index in [1.165, 1.54) is 21.0 Å². The van der Waals surface area contributed by atoms with Gasteiger partial charge in [-0.15, -0.1) is 0 Å². The van der Waals surface area contributed by atoms with Crippen molar-refractivity contribution in [3.05, 3.63) is 36.0 Å². The number of methoxy groups -OCH3 is 2. The first-order valence-corrected chi connectivity index (χ1v) is 16.9. The van der Waals surface area contributed by atoms with Crippen molar-refractivity contribution in [3.63, 3.8) is 0 Å². The van der Waals surface area contributed by atoms with Gasteiger partial charge in [-0.05, 0) is 43.8 Å². The van der Waals surface area contributed by atoms with Gasteiger partial charge in [0.2, 0.25) is 23.6 Å². The number of carbonyl (C=O) groups is 5. The van der Waals surface area contributed by atoms with Crippen LogP contribution in [0.5, 0.6) is 0 Å². The Balaban J connectivity index is 2.19. The van der Waals surface area contributed by atoms with E-state index in [-0.39, 0.29) is 49.4 Å². The predicted octanol–water partition coefficient (Wildman–Crippen LogP) is 1.86. The van der Waals surface area contributed by atoms with Gasteiger partial charge in [0.1, 0.15) is 18.7 Å². The van der Waals surface area contributed by atoms with E-state index in [4.69, 9.17) is 19.9 Å². The van der Waals surface area contributed by atoms with Gasteiger partial charge in [-0.2, -0.15) is 0 Å². The fourth-order valence-electron chi connectivity index (χ4n) is 6.27.